The van der Waals surface area contributed by atoms with Crippen molar-refractivity contribution in [3.8, 4) is 0 Å². The Labute approximate surface area is 280 Å². The molecule has 4 heterocycles. The molecule has 0 spiro atoms. The molecule has 0 radical (unpaired) electrons. The largest absolute Gasteiger partial charge is 0.382 e. The lowest BCUT2D eigenvalue weighted by Crippen LogP contribution is -2.39. The molecule has 260 valence electrons. The van der Waals surface area contributed by atoms with Crippen molar-refractivity contribution in [2.75, 3.05) is 0 Å². The van der Waals surface area contributed by atoms with Crippen LogP contribution in [0, 0.1) is 34.9 Å². The van der Waals surface area contributed by atoms with Crippen molar-refractivity contribution in [1.29, 1.82) is 0 Å². The van der Waals surface area contributed by atoms with E-state index in [0.29, 0.717) is 12.1 Å². The zero-order valence-corrected chi connectivity index (χ0v) is 26.3. The quantitative estimate of drug-likeness (QED) is 0.198. The van der Waals surface area contributed by atoms with E-state index in [1.807, 2.05) is 0 Å². The van der Waals surface area contributed by atoms with Crippen LogP contribution >= 0.6 is 0 Å². The monoisotopic (exact) mass is 698 g/mol. The summed E-state index contributed by atoms with van der Waals surface area (Å²) in [6.07, 6.45) is 9.32. The van der Waals surface area contributed by atoms with Crippen LogP contribution in [-0.4, -0.2) is 59.7 Å². The predicted molar refractivity (Wildman–Crippen MR) is 161 cm³/mol. The van der Waals surface area contributed by atoms with Crippen LogP contribution in [-0.2, 0) is 24.3 Å². The van der Waals surface area contributed by atoms with Crippen molar-refractivity contribution in [1.82, 2.24) is 49.5 Å². The molecule has 0 aliphatic rings. The molecule has 50 heavy (non-hydrogen) atoms. The highest BCUT2D eigenvalue weighted by Gasteiger charge is 2.43. The van der Waals surface area contributed by atoms with Gasteiger partial charge >= 0.3 is 0 Å². The Bertz CT molecular complexity index is 1890. The Morgan fingerprint density at radius 1 is 0.580 bits per heavy atom. The number of hydrogen-bond donors (Lipinski definition) is 2. The number of aromatic nitrogens is 10. The summed E-state index contributed by atoms with van der Waals surface area (Å²) >= 11 is 0. The third-order valence-corrected chi connectivity index (χ3v) is 8.18. The van der Waals surface area contributed by atoms with Crippen LogP contribution in [0.3, 0.4) is 0 Å². The maximum absolute atomic E-state index is 14.4. The second-order valence-electron chi connectivity index (χ2n) is 11.2. The van der Waals surface area contributed by atoms with Crippen LogP contribution in [0.25, 0.3) is 0 Å². The van der Waals surface area contributed by atoms with Crippen LogP contribution < -0.4 is 0 Å². The van der Waals surface area contributed by atoms with E-state index in [1.54, 1.807) is 0 Å². The summed E-state index contributed by atoms with van der Waals surface area (Å²) in [5, 5.41) is 30.4. The fourth-order valence-corrected chi connectivity index (χ4v) is 5.45. The third-order valence-electron chi connectivity index (χ3n) is 8.18. The first-order chi connectivity index (χ1) is 23.8. The van der Waals surface area contributed by atoms with E-state index in [0.717, 1.165) is 49.3 Å². The van der Waals surface area contributed by atoms with E-state index in [9.17, 15) is 36.6 Å². The number of benzene rings is 2. The minimum Gasteiger partial charge on any atom is -0.382 e. The van der Waals surface area contributed by atoms with Crippen molar-refractivity contribution in [3.63, 3.8) is 0 Å². The van der Waals surface area contributed by atoms with Gasteiger partial charge in [0.2, 0.25) is 0 Å². The summed E-state index contributed by atoms with van der Waals surface area (Å²) in [4.78, 5) is 22.4. The van der Waals surface area contributed by atoms with Crippen LogP contribution in [0.2, 0.25) is 0 Å². The highest BCUT2D eigenvalue weighted by atomic mass is 19.2. The van der Waals surface area contributed by atoms with Crippen molar-refractivity contribution in [2.45, 2.75) is 50.0 Å². The molecule has 0 saturated carbocycles. The molecular weight excluding hydrogens is 670 g/mol. The lowest BCUT2D eigenvalue weighted by Gasteiger charge is -2.34. The number of aliphatic hydroxyl groups is 2. The lowest BCUT2D eigenvalue weighted by molar-refractivity contribution is -0.0137. The molecule has 4 aromatic heterocycles. The molecule has 2 aromatic carbocycles. The molecule has 0 unspecified atom stereocenters. The molecule has 0 saturated heterocycles. The molecule has 4 atom stereocenters. The second-order valence-corrected chi connectivity index (χ2v) is 11.2. The number of rotatable bonds is 10. The molecule has 12 nitrogen and oxygen atoms in total. The Morgan fingerprint density at radius 2 is 0.980 bits per heavy atom. The van der Waals surface area contributed by atoms with Gasteiger partial charge in [0.1, 0.15) is 72.4 Å². The van der Waals surface area contributed by atoms with Crippen LogP contribution in [0.1, 0.15) is 48.2 Å². The molecule has 6 rings (SSSR count). The summed E-state index contributed by atoms with van der Waals surface area (Å²) in [7, 11) is 0. The number of nitrogens with zero attached hydrogens (tertiary/aromatic N) is 10. The van der Waals surface area contributed by atoms with E-state index < -0.39 is 57.9 Å². The minimum absolute atomic E-state index is 0.0960. The van der Waals surface area contributed by atoms with Crippen LogP contribution in [0.5, 0.6) is 0 Å². The molecule has 0 aliphatic heterocycles. The number of halogens is 6. The molecule has 0 fully saturated rings. The average molecular weight is 699 g/mol. The minimum atomic E-state index is -1.96. The maximum Gasteiger partial charge on any atom is 0.163 e. The molecule has 0 bridgehead atoms. The predicted octanol–water partition coefficient (Wildman–Crippen LogP) is 4.35. The van der Waals surface area contributed by atoms with Crippen LogP contribution in [0.4, 0.5) is 26.3 Å². The van der Waals surface area contributed by atoms with Gasteiger partial charge in [-0.25, -0.2) is 65.6 Å². The van der Waals surface area contributed by atoms with Crippen molar-refractivity contribution >= 4 is 0 Å². The summed E-state index contributed by atoms with van der Waals surface area (Å²) in [6, 6.07) is 5.60. The fraction of sp³-hybridized carbons (Fsp3) is 0.250. The van der Waals surface area contributed by atoms with Gasteiger partial charge in [-0.2, -0.15) is 10.2 Å². The van der Waals surface area contributed by atoms with Gasteiger partial charge in [-0.3, -0.25) is 0 Å². The summed E-state index contributed by atoms with van der Waals surface area (Å²) in [6.45, 7) is 2.51. The van der Waals surface area contributed by atoms with Gasteiger partial charge in [0.05, 0.1) is 36.9 Å². The van der Waals surface area contributed by atoms with E-state index in [2.05, 4.69) is 40.1 Å². The van der Waals surface area contributed by atoms with E-state index >= 15 is 0 Å². The SMILES string of the molecule is C[C@@H](c1ncncc1F)[C@](O)(Cn1cncn1)c1ccc(F)cc1F.C[C@@H](c1ncncc1F)[C@](O)(Cn1cncn1)c1ccc(F)cc1F. The summed E-state index contributed by atoms with van der Waals surface area (Å²) < 4.78 is 86.1. The average Bonchev–Trinajstić information content (AvgIpc) is 3.79. The zero-order chi connectivity index (χ0) is 36.1. The fourth-order valence-electron chi connectivity index (χ4n) is 5.45. The van der Waals surface area contributed by atoms with Crippen molar-refractivity contribution in [3.05, 3.63) is 144 Å². The molecule has 2 N–H and O–H groups in total. The lowest BCUT2D eigenvalue weighted by atomic mass is 9.79. The highest BCUT2D eigenvalue weighted by Crippen LogP contribution is 2.41. The third kappa shape index (κ3) is 7.50. The second kappa shape index (κ2) is 14.9. The van der Waals surface area contributed by atoms with Gasteiger partial charge in [0, 0.05) is 35.1 Å². The normalized spacial score (nSPS) is 14.9. The highest BCUT2D eigenvalue weighted by molar-refractivity contribution is 5.31. The molecular formula is C32H28F6N10O2. The first kappa shape index (κ1) is 35.7. The summed E-state index contributed by atoms with van der Waals surface area (Å²) in [5.74, 6) is -6.94. The molecule has 0 amide bonds. The van der Waals surface area contributed by atoms with Gasteiger partial charge in [-0.05, 0) is 12.1 Å². The van der Waals surface area contributed by atoms with Gasteiger partial charge < -0.3 is 10.2 Å². The van der Waals surface area contributed by atoms with Gasteiger partial charge in [0.15, 0.2) is 11.6 Å². The van der Waals surface area contributed by atoms with Gasteiger partial charge in [0.25, 0.3) is 0 Å². The Balaban J connectivity index is 0.000000194. The topological polar surface area (TPSA) is 153 Å². The first-order valence-electron chi connectivity index (χ1n) is 14.7. The van der Waals surface area contributed by atoms with Crippen LogP contribution in [0.15, 0.2) is 86.8 Å². The maximum atomic E-state index is 14.4. The Morgan fingerprint density at radius 3 is 1.30 bits per heavy atom. The Kier molecular flexibility index (Phi) is 10.6. The first-order valence-corrected chi connectivity index (χ1v) is 14.7. The summed E-state index contributed by atoms with van der Waals surface area (Å²) in [5.41, 5.74) is -4.51. The standard InChI is InChI=1S/2C16H14F3N5O/c2*1-10(15-14(19)5-20-7-22-15)16(25,6-24-9-21-8-23-24)12-3-2-11(17)4-13(12)18/h2*2-5,7-10,25H,6H2,1H3/t2*10-,16+/m00/s1. The van der Waals surface area contributed by atoms with Gasteiger partial charge in [-0.15, -0.1) is 0 Å². The van der Waals surface area contributed by atoms with Gasteiger partial charge in [-0.1, -0.05) is 26.0 Å². The zero-order valence-electron chi connectivity index (χ0n) is 26.3. The Hall–Kier alpha value is -5.62. The van der Waals surface area contributed by atoms with E-state index in [4.69, 9.17) is 0 Å². The number of hydrogen-bond acceptors (Lipinski definition) is 10. The smallest absolute Gasteiger partial charge is 0.163 e. The van der Waals surface area contributed by atoms with E-state index in [1.165, 1.54) is 48.5 Å². The van der Waals surface area contributed by atoms with Crippen molar-refractivity contribution in [2.24, 2.45) is 0 Å². The molecule has 0 aliphatic carbocycles. The molecule has 6 aromatic rings. The van der Waals surface area contributed by atoms with E-state index in [-0.39, 0.29) is 35.6 Å². The van der Waals surface area contributed by atoms with Crippen molar-refractivity contribution < 1.29 is 36.6 Å². The molecule has 18 heteroatoms.